The molecule has 0 saturated heterocycles. The average Bonchev–Trinajstić information content (AvgIpc) is 3.03. The summed E-state index contributed by atoms with van der Waals surface area (Å²) in [4.78, 5) is 13.8. The van der Waals surface area contributed by atoms with Crippen LogP contribution < -0.4 is 0 Å². The molecular formula is C17H18F6N4O. The van der Waals surface area contributed by atoms with Crippen molar-refractivity contribution >= 4 is 5.91 Å². The molecule has 2 atom stereocenters. The summed E-state index contributed by atoms with van der Waals surface area (Å²) in [6, 6.07) is 0. The molecular weight excluding hydrogens is 390 g/mol. The van der Waals surface area contributed by atoms with Crippen molar-refractivity contribution in [2.24, 2.45) is 5.92 Å². The molecule has 1 amide bonds. The molecule has 11 heteroatoms. The molecule has 28 heavy (non-hydrogen) atoms. The average molecular weight is 408 g/mol. The van der Waals surface area contributed by atoms with Crippen molar-refractivity contribution in [1.29, 1.82) is 0 Å². The molecule has 0 spiro atoms. The SMILES string of the molecule is C[C@@H](CC(=O)N1CCn2c(nnc2C(F)(F)F)C1)CC1=C(F)C=C(F)C(F)C1. The first-order valence-corrected chi connectivity index (χ1v) is 8.72. The molecule has 1 aliphatic carbocycles. The van der Waals surface area contributed by atoms with Crippen LogP contribution in [0, 0.1) is 5.92 Å². The molecule has 0 fully saturated rings. The Hall–Kier alpha value is -2.33. The van der Waals surface area contributed by atoms with Crippen molar-refractivity contribution < 1.29 is 31.1 Å². The van der Waals surface area contributed by atoms with Crippen LogP contribution in [0.4, 0.5) is 26.3 Å². The first-order chi connectivity index (χ1) is 13.1. The molecule has 1 aromatic heterocycles. The van der Waals surface area contributed by atoms with Gasteiger partial charge in [0.1, 0.15) is 11.7 Å². The van der Waals surface area contributed by atoms with Gasteiger partial charge in [-0.2, -0.15) is 13.2 Å². The second-order valence-electron chi connectivity index (χ2n) is 7.07. The third kappa shape index (κ3) is 4.22. The number of hydrogen-bond acceptors (Lipinski definition) is 3. The van der Waals surface area contributed by atoms with E-state index in [0.29, 0.717) is 6.08 Å². The molecule has 1 aromatic rings. The van der Waals surface area contributed by atoms with Crippen LogP contribution in [-0.2, 0) is 24.1 Å². The standard InChI is InChI=1S/C17H18F6N4O/c1-9(4-10-6-12(19)13(20)7-11(10)18)5-15(28)26-2-3-27-14(8-26)24-25-16(27)17(21,22)23/h7,9,12H,2-6,8H2,1H3/t9-,12?/m1/s1. The van der Waals surface area contributed by atoms with Gasteiger partial charge >= 0.3 is 6.18 Å². The summed E-state index contributed by atoms with van der Waals surface area (Å²) in [6.07, 6.45) is -6.28. The number of aromatic nitrogens is 3. The predicted molar refractivity (Wildman–Crippen MR) is 85.7 cm³/mol. The summed E-state index contributed by atoms with van der Waals surface area (Å²) < 4.78 is 79.7. The summed E-state index contributed by atoms with van der Waals surface area (Å²) >= 11 is 0. The summed E-state index contributed by atoms with van der Waals surface area (Å²) in [5.74, 6) is -3.70. The number of fused-ring (bicyclic) bond motifs is 1. The van der Waals surface area contributed by atoms with E-state index in [0.717, 1.165) is 4.57 Å². The summed E-state index contributed by atoms with van der Waals surface area (Å²) in [6.45, 7) is 1.56. The number of amides is 1. The molecule has 1 unspecified atom stereocenters. The van der Waals surface area contributed by atoms with Crippen molar-refractivity contribution in [1.82, 2.24) is 19.7 Å². The minimum atomic E-state index is -4.62. The van der Waals surface area contributed by atoms with Crippen LogP contribution >= 0.6 is 0 Å². The molecule has 0 radical (unpaired) electrons. The molecule has 0 saturated carbocycles. The number of carbonyl (C=O) groups excluding carboxylic acids is 1. The Balaban J connectivity index is 1.60. The maximum Gasteiger partial charge on any atom is 0.451 e. The third-order valence-corrected chi connectivity index (χ3v) is 4.80. The van der Waals surface area contributed by atoms with Crippen LogP contribution in [0.2, 0.25) is 0 Å². The lowest BCUT2D eigenvalue weighted by Crippen LogP contribution is -2.39. The molecule has 2 heterocycles. The molecule has 0 bridgehead atoms. The summed E-state index contributed by atoms with van der Waals surface area (Å²) in [5, 5.41) is 6.67. The largest absolute Gasteiger partial charge is 0.451 e. The van der Waals surface area contributed by atoms with E-state index < -0.39 is 29.8 Å². The van der Waals surface area contributed by atoms with Crippen LogP contribution in [0.3, 0.4) is 0 Å². The van der Waals surface area contributed by atoms with E-state index >= 15 is 0 Å². The van der Waals surface area contributed by atoms with Gasteiger partial charge in [-0.25, -0.2) is 13.2 Å². The van der Waals surface area contributed by atoms with Crippen LogP contribution in [0.1, 0.15) is 37.8 Å². The van der Waals surface area contributed by atoms with Gasteiger partial charge in [-0.3, -0.25) is 4.79 Å². The van der Waals surface area contributed by atoms with Crippen molar-refractivity contribution in [2.75, 3.05) is 6.54 Å². The molecule has 154 valence electrons. The molecule has 1 aliphatic heterocycles. The monoisotopic (exact) mass is 408 g/mol. The zero-order valence-electron chi connectivity index (χ0n) is 14.9. The lowest BCUT2D eigenvalue weighted by molar-refractivity contribution is -0.148. The van der Waals surface area contributed by atoms with Gasteiger partial charge in [-0.15, -0.1) is 10.2 Å². The van der Waals surface area contributed by atoms with Gasteiger partial charge in [0, 0.05) is 32.0 Å². The van der Waals surface area contributed by atoms with Gasteiger partial charge in [0.05, 0.1) is 6.54 Å². The molecule has 5 nitrogen and oxygen atoms in total. The van der Waals surface area contributed by atoms with E-state index in [1.165, 1.54) is 4.90 Å². The van der Waals surface area contributed by atoms with E-state index in [4.69, 9.17) is 0 Å². The first kappa shape index (κ1) is 20.4. The predicted octanol–water partition coefficient (Wildman–Crippen LogP) is 3.87. The van der Waals surface area contributed by atoms with E-state index in [1.54, 1.807) is 6.92 Å². The Kier molecular flexibility index (Phi) is 5.53. The number of alkyl halides is 4. The maximum atomic E-state index is 13.8. The Morgan fingerprint density at radius 2 is 2.00 bits per heavy atom. The topological polar surface area (TPSA) is 51.0 Å². The third-order valence-electron chi connectivity index (χ3n) is 4.80. The number of nitrogens with zero attached hydrogens (tertiary/aromatic N) is 4. The normalized spacial score (nSPS) is 21.5. The lowest BCUT2D eigenvalue weighted by atomic mass is 9.91. The zero-order chi connectivity index (χ0) is 20.6. The summed E-state index contributed by atoms with van der Waals surface area (Å²) in [5.41, 5.74) is 0.113. The fraction of sp³-hybridized carbons (Fsp3) is 0.588. The van der Waals surface area contributed by atoms with Gasteiger partial charge in [-0.1, -0.05) is 6.92 Å². The van der Waals surface area contributed by atoms with Crippen molar-refractivity contribution in [3.8, 4) is 0 Å². The Bertz CT molecular complexity index is 828. The van der Waals surface area contributed by atoms with Crippen molar-refractivity contribution in [2.45, 2.75) is 51.6 Å². The van der Waals surface area contributed by atoms with Gasteiger partial charge in [0.25, 0.3) is 0 Å². The van der Waals surface area contributed by atoms with E-state index in [-0.39, 0.29) is 62.1 Å². The van der Waals surface area contributed by atoms with E-state index in [9.17, 15) is 31.1 Å². The zero-order valence-corrected chi connectivity index (χ0v) is 14.9. The van der Waals surface area contributed by atoms with Crippen LogP contribution in [0.5, 0.6) is 0 Å². The Labute approximate surface area is 156 Å². The van der Waals surface area contributed by atoms with Crippen molar-refractivity contribution in [3.63, 3.8) is 0 Å². The number of hydrogen-bond donors (Lipinski definition) is 0. The van der Waals surface area contributed by atoms with Gasteiger partial charge in [0.15, 0.2) is 12.0 Å². The quantitative estimate of drug-likeness (QED) is 0.711. The highest BCUT2D eigenvalue weighted by molar-refractivity contribution is 5.76. The first-order valence-electron chi connectivity index (χ1n) is 8.72. The highest BCUT2D eigenvalue weighted by atomic mass is 19.4. The minimum Gasteiger partial charge on any atom is -0.333 e. The molecule has 0 aromatic carbocycles. The fourth-order valence-electron chi connectivity index (χ4n) is 3.41. The maximum absolute atomic E-state index is 13.8. The Morgan fingerprint density at radius 1 is 1.29 bits per heavy atom. The Morgan fingerprint density at radius 3 is 2.68 bits per heavy atom. The minimum absolute atomic E-state index is 0.000192. The second kappa shape index (κ2) is 7.59. The smallest absolute Gasteiger partial charge is 0.333 e. The molecule has 0 N–H and O–H groups in total. The molecule has 2 aliphatic rings. The van der Waals surface area contributed by atoms with E-state index in [1.807, 2.05) is 0 Å². The fourth-order valence-corrected chi connectivity index (χ4v) is 3.41. The highest BCUT2D eigenvalue weighted by Crippen LogP contribution is 2.33. The number of carbonyl (C=O) groups is 1. The number of rotatable bonds is 4. The van der Waals surface area contributed by atoms with Gasteiger partial charge in [-0.05, 0) is 17.9 Å². The number of allylic oxidation sites excluding steroid dienone is 4. The van der Waals surface area contributed by atoms with Gasteiger partial charge in [0.2, 0.25) is 11.7 Å². The lowest BCUT2D eigenvalue weighted by Gasteiger charge is -2.29. The second-order valence-corrected chi connectivity index (χ2v) is 7.07. The van der Waals surface area contributed by atoms with Crippen LogP contribution in [0.15, 0.2) is 23.3 Å². The van der Waals surface area contributed by atoms with Crippen LogP contribution in [-0.4, -0.2) is 38.3 Å². The van der Waals surface area contributed by atoms with E-state index in [2.05, 4.69) is 10.2 Å². The van der Waals surface area contributed by atoms with Gasteiger partial charge < -0.3 is 9.47 Å². The summed E-state index contributed by atoms with van der Waals surface area (Å²) in [7, 11) is 0. The number of halogens is 6. The van der Waals surface area contributed by atoms with Crippen molar-refractivity contribution in [3.05, 3.63) is 35.0 Å². The molecule has 3 rings (SSSR count). The van der Waals surface area contributed by atoms with Crippen LogP contribution in [0.25, 0.3) is 0 Å². The highest BCUT2D eigenvalue weighted by Gasteiger charge is 2.40.